The summed E-state index contributed by atoms with van der Waals surface area (Å²) in [4.78, 5) is 4.94. The molecular formula is C25H31IN2S. The average molecular weight is 519 g/mol. The Morgan fingerprint density at radius 2 is 1.59 bits per heavy atom. The van der Waals surface area contributed by atoms with E-state index in [0.717, 1.165) is 6.42 Å². The summed E-state index contributed by atoms with van der Waals surface area (Å²) in [5.41, 5.74) is 6.34. The molecular weight excluding hydrogens is 487 g/mol. The second-order valence-corrected chi connectivity index (χ2v) is 8.83. The zero-order valence-electron chi connectivity index (χ0n) is 18.1. The highest BCUT2D eigenvalue weighted by Crippen LogP contribution is 2.41. The van der Waals surface area contributed by atoms with Crippen LogP contribution in [0.1, 0.15) is 31.7 Å². The van der Waals surface area contributed by atoms with Gasteiger partial charge >= 0.3 is 0 Å². The molecule has 0 unspecified atom stereocenters. The lowest BCUT2D eigenvalue weighted by molar-refractivity contribution is -0.462. The van der Waals surface area contributed by atoms with Crippen molar-refractivity contribution in [3.8, 4) is 0 Å². The van der Waals surface area contributed by atoms with Gasteiger partial charge in [-0.1, -0.05) is 37.2 Å². The van der Waals surface area contributed by atoms with Crippen LogP contribution in [0.25, 0.3) is 5.57 Å². The Bertz CT molecular complexity index is 891. The fourth-order valence-electron chi connectivity index (χ4n) is 3.22. The Hall–Kier alpha value is -1.53. The summed E-state index contributed by atoms with van der Waals surface area (Å²) in [6.45, 7) is 2.26. The number of hydrogen-bond acceptors (Lipinski definition) is 2. The largest absolute Gasteiger partial charge is 1.00 e. The highest BCUT2D eigenvalue weighted by molar-refractivity contribution is 8.07. The maximum atomic E-state index is 2.38. The highest BCUT2D eigenvalue weighted by atomic mass is 127. The molecule has 0 saturated carbocycles. The molecule has 29 heavy (non-hydrogen) atoms. The van der Waals surface area contributed by atoms with Gasteiger partial charge in [-0.05, 0) is 70.9 Å². The number of anilines is 1. The summed E-state index contributed by atoms with van der Waals surface area (Å²) >= 11 is 1.92. The van der Waals surface area contributed by atoms with Crippen molar-refractivity contribution in [2.24, 2.45) is 0 Å². The van der Waals surface area contributed by atoms with E-state index in [1.807, 2.05) is 11.8 Å². The van der Waals surface area contributed by atoms with Gasteiger partial charge in [0.1, 0.15) is 14.1 Å². The number of nitrogens with zero attached hydrogens (tertiary/aromatic N) is 2. The van der Waals surface area contributed by atoms with Crippen molar-refractivity contribution in [3.63, 3.8) is 0 Å². The van der Waals surface area contributed by atoms with E-state index in [1.165, 1.54) is 50.8 Å². The van der Waals surface area contributed by atoms with E-state index in [1.54, 1.807) is 0 Å². The minimum atomic E-state index is 0. The zero-order chi connectivity index (χ0) is 20.1. The topological polar surface area (TPSA) is 6.25 Å². The first-order valence-corrected chi connectivity index (χ1v) is 10.8. The molecule has 1 aliphatic heterocycles. The van der Waals surface area contributed by atoms with Gasteiger partial charge in [-0.3, -0.25) is 0 Å². The predicted octanol–water partition coefficient (Wildman–Crippen LogP) is 3.05. The minimum absolute atomic E-state index is 0. The molecule has 1 aromatic carbocycles. The van der Waals surface area contributed by atoms with Crippen molar-refractivity contribution >= 4 is 28.7 Å². The molecule has 2 nitrogen and oxygen atoms in total. The van der Waals surface area contributed by atoms with Gasteiger partial charge in [0.2, 0.25) is 0 Å². The van der Waals surface area contributed by atoms with E-state index in [2.05, 4.69) is 105 Å². The molecule has 0 atom stereocenters. The van der Waals surface area contributed by atoms with Gasteiger partial charge in [-0.2, -0.15) is 0 Å². The number of hydrogen-bond donors (Lipinski definition) is 0. The van der Waals surface area contributed by atoms with Crippen molar-refractivity contribution < 1.29 is 28.6 Å². The van der Waals surface area contributed by atoms with Gasteiger partial charge in [0.25, 0.3) is 0 Å². The summed E-state index contributed by atoms with van der Waals surface area (Å²) in [6.07, 6.45) is 17.2. The molecule has 0 amide bonds. The summed E-state index contributed by atoms with van der Waals surface area (Å²) in [7, 11) is 8.33. The van der Waals surface area contributed by atoms with Crippen molar-refractivity contribution in [2.75, 3.05) is 33.1 Å². The van der Waals surface area contributed by atoms with Crippen LogP contribution in [-0.4, -0.2) is 38.5 Å². The molecule has 1 aliphatic carbocycles. The lowest BCUT2D eigenvalue weighted by Gasteiger charge is -2.19. The molecule has 0 saturated heterocycles. The number of benzene rings is 1. The van der Waals surface area contributed by atoms with Crippen LogP contribution in [0.4, 0.5) is 5.69 Å². The predicted molar refractivity (Wildman–Crippen MR) is 126 cm³/mol. The second-order valence-electron chi connectivity index (χ2n) is 7.66. The standard InChI is InChI=1S/C25H31N2S.HI/c1-6-7-8-24-17-21(19-9-13-22(14-10-19)26(2)3)18-25(28-24)20-11-15-23(16-12-20)27(4)5;/h9-18H,6-8H2,1-5H3;1H/q+1;/p-1. The first-order valence-electron chi connectivity index (χ1n) is 10.0. The smallest absolute Gasteiger partial charge is 0.199 e. The first-order chi connectivity index (χ1) is 13.5. The molecule has 0 N–H and O–H groups in total. The Balaban J connectivity index is 0.00000300. The molecule has 1 aromatic rings. The number of unbranched alkanes of at least 4 members (excludes halogenated alkanes) is 1. The second kappa shape index (κ2) is 11.0. The van der Waals surface area contributed by atoms with Gasteiger partial charge in [0.15, 0.2) is 5.71 Å². The number of allylic oxidation sites excluding steroid dienone is 9. The van der Waals surface area contributed by atoms with E-state index >= 15 is 0 Å². The monoisotopic (exact) mass is 518 g/mol. The van der Waals surface area contributed by atoms with E-state index in [0.29, 0.717) is 0 Å². The maximum Gasteiger partial charge on any atom is 0.199 e. The van der Waals surface area contributed by atoms with Gasteiger partial charge in [-0.25, -0.2) is 4.58 Å². The molecule has 2 aliphatic rings. The van der Waals surface area contributed by atoms with E-state index < -0.39 is 0 Å². The fourth-order valence-corrected chi connectivity index (χ4v) is 4.37. The molecule has 0 bridgehead atoms. The summed E-state index contributed by atoms with van der Waals surface area (Å²) in [5, 5.41) is 0. The van der Waals surface area contributed by atoms with E-state index in [-0.39, 0.29) is 24.0 Å². The molecule has 0 fully saturated rings. The third-order valence-electron chi connectivity index (χ3n) is 5.01. The summed E-state index contributed by atoms with van der Waals surface area (Å²) < 4.78 is 2.14. The van der Waals surface area contributed by atoms with E-state index in [9.17, 15) is 0 Å². The normalized spacial score (nSPS) is 15.7. The first kappa shape index (κ1) is 23.7. The van der Waals surface area contributed by atoms with Gasteiger partial charge in [-0.15, -0.1) is 0 Å². The van der Waals surface area contributed by atoms with Crippen LogP contribution >= 0.6 is 11.8 Å². The van der Waals surface area contributed by atoms with Crippen molar-refractivity contribution in [1.29, 1.82) is 0 Å². The quantitative estimate of drug-likeness (QED) is 0.437. The Morgan fingerprint density at radius 1 is 0.931 bits per heavy atom. The lowest BCUT2D eigenvalue weighted by atomic mass is 10.0. The fraction of sp³-hybridized carbons (Fsp3) is 0.320. The number of halogens is 1. The number of rotatable bonds is 5. The van der Waals surface area contributed by atoms with Crippen LogP contribution in [0, 0.1) is 0 Å². The Kier molecular flexibility index (Phi) is 9.03. The molecule has 0 spiro atoms. The SMILES string of the molecule is CCCCC1=CC(c2ccc(N(C)C)cc2)=CC(=C2C=CC(=[N+](C)C)C=C2)S1.[I-]. The molecule has 0 radical (unpaired) electrons. The van der Waals surface area contributed by atoms with Crippen LogP contribution in [-0.2, 0) is 0 Å². The summed E-state index contributed by atoms with van der Waals surface area (Å²) in [6, 6.07) is 8.86. The summed E-state index contributed by atoms with van der Waals surface area (Å²) in [5.74, 6) is 0. The maximum absolute atomic E-state index is 2.38. The molecule has 154 valence electrons. The minimum Gasteiger partial charge on any atom is -1.00 e. The van der Waals surface area contributed by atoms with E-state index in [4.69, 9.17) is 0 Å². The molecule has 1 heterocycles. The molecule has 4 heteroatoms. The van der Waals surface area contributed by atoms with Gasteiger partial charge < -0.3 is 28.9 Å². The van der Waals surface area contributed by atoms with Gasteiger partial charge in [0, 0.05) is 36.8 Å². The Morgan fingerprint density at radius 3 is 2.14 bits per heavy atom. The van der Waals surface area contributed by atoms with Crippen LogP contribution in [0.5, 0.6) is 0 Å². The van der Waals surface area contributed by atoms with Crippen LogP contribution in [0.15, 0.2) is 76.1 Å². The van der Waals surface area contributed by atoms with Crippen molar-refractivity contribution in [1.82, 2.24) is 0 Å². The van der Waals surface area contributed by atoms with Gasteiger partial charge in [0.05, 0.1) is 0 Å². The molecule has 0 aromatic heterocycles. The van der Waals surface area contributed by atoms with Crippen LogP contribution in [0.3, 0.4) is 0 Å². The zero-order valence-corrected chi connectivity index (χ0v) is 21.0. The third kappa shape index (κ3) is 6.22. The lowest BCUT2D eigenvalue weighted by Crippen LogP contribution is -3.00. The highest BCUT2D eigenvalue weighted by Gasteiger charge is 2.16. The van der Waals surface area contributed by atoms with Crippen molar-refractivity contribution in [3.05, 3.63) is 81.7 Å². The third-order valence-corrected chi connectivity index (χ3v) is 6.16. The van der Waals surface area contributed by atoms with Crippen molar-refractivity contribution in [2.45, 2.75) is 26.2 Å². The Labute approximate surface area is 197 Å². The average Bonchev–Trinajstić information content (AvgIpc) is 2.72. The molecule has 3 rings (SSSR count). The van der Waals surface area contributed by atoms with Crippen LogP contribution < -0.4 is 28.9 Å². The van der Waals surface area contributed by atoms with Crippen LogP contribution in [0.2, 0.25) is 0 Å². The number of thioether (sulfide) groups is 1.